The van der Waals surface area contributed by atoms with Crippen LogP contribution in [0.5, 0.6) is 0 Å². The Kier molecular flexibility index (Phi) is 5.57. The first-order chi connectivity index (χ1) is 16.2. The fraction of sp³-hybridized carbons (Fsp3) is 0. The van der Waals surface area contributed by atoms with Crippen molar-refractivity contribution in [2.45, 2.75) is 0 Å². The van der Waals surface area contributed by atoms with Crippen LogP contribution in [0.15, 0.2) is 96.4 Å². The zero-order valence-corrected chi connectivity index (χ0v) is 18.1. The molecule has 0 saturated carbocycles. The van der Waals surface area contributed by atoms with E-state index in [0.29, 0.717) is 22.6 Å². The highest BCUT2D eigenvalue weighted by molar-refractivity contribution is 6.30. The van der Waals surface area contributed by atoms with Crippen molar-refractivity contribution in [1.29, 1.82) is 0 Å². The molecule has 0 amide bonds. The normalized spacial score (nSPS) is 11.5. The third kappa shape index (κ3) is 4.60. The maximum Gasteiger partial charge on any atom is 0.241 e. The molecular weight excluding hydrogens is 436 g/mol. The van der Waals surface area contributed by atoms with Crippen molar-refractivity contribution in [3.8, 4) is 0 Å². The Hall–Kier alpha value is -4.43. The zero-order chi connectivity index (χ0) is 22.6. The molecule has 0 fully saturated rings. The SMILES string of the molecule is NC(=Nc1cccc(Cl)c1)N(c1ccccc1)c1ncnc(Nc2ccc3cc[nH]c3c2)n1. The van der Waals surface area contributed by atoms with Crippen molar-refractivity contribution in [3.63, 3.8) is 0 Å². The Balaban J connectivity index is 1.51. The zero-order valence-electron chi connectivity index (χ0n) is 17.4. The van der Waals surface area contributed by atoms with Gasteiger partial charge < -0.3 is 16.0 Å². The second kappa shape index (κ2) is 8.97. The van der Waals surface area contributed by atoms with E-state index < -0.39 is 0 Å². The van der Waals surface area contributed by atoms with E-state index in [1.165, 1.54) is 6.33 Å². The number of nitrogens with zero attached hydrogens (tertiary/aromatic N) is 5. The lowest BCUT2D eigenvalue weighted by atomic mass is 10.2. The molecule has 0 bridgehead atoms. The van der Waals surface area contributed by atoms with Crippen LogP contribution in [0, 0.1) is 0 Å². The molecule has 162 valence electrons. The predicted octanol–water partition coefficient (Wildman–Crippen LogP) is 5.53. The summed E-state index contributed by atoms with van der Waals surface area (Å²) in [5.41, 5.74) is 9.65. The van der Waals surface area contributed by atoms with Gasteiger partial charge in [-0.25, -0.2) is 19.9 Å². The second-order valence-electron chi connectivity index (χ2n) is 7.13. The van der Waals surface area contributed by atoms with Crippen LogP contribution in [0.25, 0.3) is 10.9 Å². The summed E-state index contributed by atoms with van der Waals surface area (Å²) in [5, 5.41) is 4.91. The van der Waals surface area contributed by atoms with Gasteiger partial charge in [-0.1, -0.05) is 41.9 Å². The Morgan fingerprint density at radius 3 is 2.70 bits per heavy atom. The number of nitrogens with two attached hydrogens (primary N) is 1. The van der Waals surface area contributed by atoms with E-state index in [1.807, 2.05) is 72.9 Å². The lowest BCUT2D eigenvalue weighted by Crippen LogP contribution is -2.34. The number of guanidine groups is 1. The van der Waals surface area contributed by atoms with Gasteiger partial charge >= 0.3 is 0 Å². The van der Waals surface area contributed by atoms with Crippen molar-refractivity contribution < 1.29 is 0 Å². The summed E-state index contributed by atoms with van der Waals surface area (Å²) in [4.78, 5) is 22.6. The van der Waals surface area contributed by atoms with Gasteiger partial charge in [-0.05, 0) is 53.9 Å². The predicted molar refractivity (Wildman–Crippen MR) is 133 cm³/mol. The third-order valence-electron chi connectivity index (χ3n) is 4.87. The van der Waals surface area contributed by atoms with E-state index in [9.17, 15) is 0 Å². The Morgan fingerprint density at radius 2 is 1.85 bits per heavy atom. The molecule has 0 radical (unpaired) electrons. The number of fused-ring (bicyclic) bond motifs is 1. The lowest BCUT2D eigenvalue weighted by molar-refractivity contribution is 1.02. The molecule has 5 rings (SSSR count). The maximum atomic E-state index is 6.43. The molecule has 0 unspecified atom stereocenters. The molecular formula is C24H19ClN8. The van der Waals surface area contributed by atoms with E-state index in [2.05, 4.69) is 30.2 Å². The number of anilines is 4. The minimum Gasteiger partial charge on any atom is -0.369 e. The minimum absolute atomic E-state index is 0.188. The summed E-state index contributed by atoms with van der Waals surface area (Å²) in [6.45, 7) is 0. The topological polar surface area (TPSA) is 108 Å². The standard InChI is InChI=1S/C24H19ClN8/c25-17-5-4-6-18(13-17)30-22(26)33(20-7-2-1-3-8-20)24-29-15-28-23(32-24)31-19-10-9-16-11-12-27-21(16)14-19/h1-15,27H,(H2,26,30)(H,28,29,31,32). The third-order valence-corrected chi connectivity index (χ3v) is 5.10. The Morgan fingerprint density at radius 1 is 0.970 bits per heavy atom. The van der Waals surface area contributed by atoms with Crippen LogP contribution in [0.2, 0.25) is 5.02 Å². The molecule has 0 saturated heterocycles. The molecule has 0 atom stereocenters. The summed E-state index contributed by atoms with van der Waals surface area (Å²) >= 11 is 6.10. The van der Waals surface area contributed by atoms with Crippen molar-refractivity contribution in [1.82, 2.24) is 19.9 Å². The fourth-order valence-electron chi connectivity index (χ4n) is 3.37. The van der Waals surface area contributed by atoms with Gasteiger partial charge in [0, 0.05) is 22.4 Å². The fourth-order valence-corrected chi connectivity index (χ4v) is 3.55. The number of rotatable bonds is 5. The number of aromatic amines is 1. The quantitative estimate of drug-likeness (QED) is 0.238. The minimum atomic E-state index is 0.188. The van der Waals surface area contributed by atoms with Crippen LogP contribution in [-0.2, 0) is 0 Å². The molecule has 33 heavy (non-hydrogen) atoms. The van der Waals surface area contributed by atoms with Crippen LogP contribution in [0.3, 0.4) is 0 Å². The van der Waals surface area contributed by atoms with E-state index in [1.54, 1.807) is 17.0 Å². The van der Waals surface area contributed by atoms with E-state index in [4.69, 9.17) is 17.3 Å². The van der Waals surface area contributed by atoms with E-state index in [-0.39, 0.29) is 5.96 Å². The number of aliphatic imine (C=N–C) groups is 1. The number of hydrogen-bond acceptors (Lipinski definition) is 5. The molecule has 0 aliphatic carbocycles. The Labute approximate surface area is 194 Å². The maximum absolute atomic E-state index is 6.43. The highest BCUT2D eigenvalue weighted by Crippen LogP contribution is 2.25. The number of halogens is 1. The summed E-state index contributed by atoms with van der Waals surface area (Å²) in [5.74, 6) is 0.888. The number of H-pyrrole nitrogens is 1. The molecule has 0 aliphatic rings. The number of aromatic nitrogens is 4. The molecule has 2 aromatic heterocycles. The molecule has 4 N–H and O–H groups in total. The summed E-state index contributed by atoms with van der Waals surface area (Å²) < 4.78 is 0. The van der Waals surface area contributed by atoms with E-state index in [0.717, 1.165) is 22.3 Å². The number of benzene rings is 3. The first-order valence-electron chi connectivity index (χ1n) is 10.1. The van der Waals surface area contributed by atoms with Crippen molar-refractivity contribution >= 4 is 57.4 Å². The first-order valence-corrected chi connectivity index (χ1v) is 10.5. The number of nitrogens with one attached hydrogen (secondary N) is 2. The molecule has 5 aromatic rings. The highest BCUT2D eigenvalue weighted by atomic mass is 35.5. The average molecular weight is 455 g/mol. The van der Waals surface area contributed by atoms with Crippen LogP contribution >= 0.6 is 11.6 Å². The van der Waals surface area contributed by atoms with Gasteiger partial charge in [0.2, 0.25) is 17.9 Å². The van der Waals surface area contributed by atoms with Crippen LogP contribution in [0.4, 0.5) is 29.0 Å². The molecule has 0 spiro atoms. The van der Waals surface area contributed by atoms with Gasteiger partial charge in [-0.3, -0.25) is 0 Å². The van der Waals surface area contributed by atoms with Crippen molar-refractivity contribution in [2.75, 3.05) is 10.2 Å². The lowest BCUT2D eigenvalue weighted by Gasteiger charge is -2.21. The average Bonchev–Trinajstić information content (AvgIpc) is 3.28. The highest BCUT2D eigenvalue weighted by Gasteiger charge is 2.18. The molecule has 2 heterocycles. The van der Waals surface area contributed by atoms with Crippen LogP contribution in [-0.4, -0.2) is 25.9 Å². The van der Waals surface area contributed by atoms with E-state index >= 15 is 0 Å². The summed E-state index contributed by atoms with van der Waals surface area (Å²) in [6, 6.07) is 24.6. The van der Waals surface area contributed by atoms with Gasteiger partial charge in [0.15, 0.2) is 0 Å². The summed E-state index contributed by atoms with van der Waals surface area (Å²) in [7, 11) is 0. The first kappa shape index (κ1) is 20.5. The number of para-hydroxylation sites is 1. The summed E-state index contributed by atoms with van der Waals surface area (Å²) in [6.07, 6.45) is 3.33. The van der Waals surface area contributed by atoms with Gasteiger partial charge in [-0.15, -0.1) is 0 Å². The van der Waals surface area contributed by atoms with Gasteiger partial charge in [0.05, 0.1) is 11.4 Å². The van der Waals surface area contributed by atoms with Crippen molar-refractivity contribution in [3.05, 3.63) is 96.4 Å². The Bertz CT molecular complexity index is 1430. The molecule has 9 heteroatoms. The molecule has 8 nitrogen and oxygen atoms in total. The monoisotopic (exact) mass is 454 g/mol. The smallest absolute Gasteiger partial charge is 0.241 e. The second-order valence-corrected chi connectivity index (χ2v) is 7.57. The number of hydrogen-bond donors (Lipinski definition) is 3. The van der Waals surface area contributed by atoms with Gasteiger partial charge in [0.1, 0.15) is 6.33 Å². The largest absolute Gasteiger partial charge is 0.369 e. The van der Waals surface area contributed by atoms with Crippen LogP contribution < -0.4 is 16.0 Å². The molecule has 0 aliphatic heterocycles. The van der Waals surface area contributed by atoms with Gasteiger partial charge in [-0.2, -0.15) is 4.98 Å². The van der Waals surface area contributed by atoms with Crippen molar-refractivity contribution in [2.24, 2.45) is 10.7 Å². The van der Waals surface area contributed by atoms with Crippen LogP contribution in [0.1, 0.15) is 0 Å². The molecule has 3 aromatic carbocycles. The van der Waals surface area contributed by atoms with Gasteiger partial charge in [0.25, 0.3) is 0 Å².